The Morgan fingerprint density at radius 1 is 1.05 bits per heavy atom. The van der Waals surface area contributed by atoms with Crippen LogP contribution in [-0.2, 0) is 12.8 Å². The molecule has 0 aliphatic carbocycles. The van der Waals surface area contributed by atoms with Gasteiger partial charge in [0.1, 0.15) is 5.75 Å². The molecule has 0 radical (unpaired) electrons. The summed E-state index contributed by atoms with van der Waals surface area (Å²) >= 11 is 5.75. The van der Waals surface area contributed by atoms with Gasteiger partial charge in [-0.15, -0.1) is 11.6 Å². The largest absolute Gasteiger partial charge is 0.493 e. The SMILES string of the molecule is ClCCc1noc2cc(OCCc3ccccc3)ccc12. The maximum Gasteiger partial charge on any atom is 0.170 e. The van der Waals surface area contributed by atoms with Crippen molar-refractivity contribution in [3.8, 4) is 5.75 Å². The minimum absolute atomic E-state index is 0.539. The number of benzene rings is 2. The lowest BCUT2D eigenvalue weighted by Crippen LogP contribution is -2.00. The van der Waals surface area contributed by atoms with E-state index in [1.54, 1.807) is 0 Å². The lowest BCUT2D eigenvalue weighted by Gasteiger charge is -2.06. The van der Waals surface area contributed by atoms with Crippen molar-refractivity contribution in [3.05, 3.63) is 59.8 Å². The molecule has 0 aliphatic rings. The number of hydrogen-bond donors (Lipinski definition) is 0. The van der Waals surface area contributed by atoms with Crippen LogP contribution in [-0.4, -0.2) is 17.6 Å². The van der Waals surface area contributed by atoms with Crippen molar-refractivity contribution >= 4 is 22.6 Å². The number of halogens is 1. The maximum atomic E-state index is 5.77. The summed E-state index contributed by atoms with van der Waals surface area (Å²) in [5, 5.41) is 5.04. The number of fused-ring (bicyclic) bond motifs is 1. The Hall–Kier alpha value is -2.00. The molecule has 1 aromatic heterocycles. The van der Waals surface area contributed by atoms with Crippen LogP contribution in [0.5, 0.6) is 5.75 Å². The molecule has 0 spiro atoms. The number of ether oxygens (including phenoxy) is 1. The fourth-order valence-electron chi connectivity index (χ4n) is 2.26. The fourth-order valence-corrected chi connectivity index (χ4v) is 2.44. The zero-order valence-corrected chi connectivity index (χ0v) is 12.3. The van der Waals surface area contributed by atoms with Gasteiger partial charge in [0.05, 0.1) is 12.3 Å². The summed E-state index contributed by atoms with van der Waals surface area (Å²) in [6.07, 6.45) is 1.59. The highest BCUT2D eigenvalue weighted by Gasteiger charge is 2.08. The first-order valence-electron chi connectivity index (χ1n) is 6.98. The van der Waals surface area contributed by atoms with Crippen LogP contribution in [0.15, 0.2) is 53.1 Å². The van der Waals surface area contributed by atoms with Crippen LogP contribution in [0.2, 0.25) is 0 Å². The molecule has 0 saturated carbocycles. The van der Waals surface area contributed by atoms with Gasteiger partial charge < -0.3 is 9.26 Å². The van der Waals surface area contributed by atoms with E-state index in [1.165, 1.54) is 5.56 Å². The van der Waals surface area contributed by atoms with E-state index in [2.05, 4.69) is 17.3 Å². The van der Waals surface area contributed by atoms with E-state index < -0.39 is 0 Å². The van der Waals surface area contributed by atoms with Gasteiger partial charge in [0.15, 0.2) is 5.58 Å². The van der Waals surface area contributed by atoms with E-state index in [4.69, 9.17) is 20.9 Å². The van der Waals surface area contributed by atoms with Crippen LogP contribution in [0, 0.1) is 0 Å². The molecule has 0 N–H and O–H groups in total. The quantitative estimate of drug-likeness (QED) is 0.639. The first-order chi connectivity index (χ1) is 10.4. The molecular weight excluding hydrogens is 286 g/mol. The molecule has 0 saturated heterocycles. The van der Waals surface area contributed by atoms with Crippen LogP contribution >= 0.6 is 11.6 Å². The third-order valence-corrected chi connectivity index (χ3v) is 3.54. The standard InChI is InChI=1S/C17H16ClNO2/c18-10-8-16-15-7-6-14(12-17(15)21-19-16)20-11-9-13-4-2-1-3-5-13/h1-7,12H,8-11H2. The van der Waals surface area contributed by atoms with E-state index in [0.29, 0.717) is 18.9 Å². The highest BCUT2D eigenvalue weighted by Crippen LogP contribution is 2.24. The predicted molar refractivity (Wildman–Crippen MR) is 84.1 cm³/mol. The highest BCUT2D eigenvalue weighted by atomic mass is 35.5. The third-order valence-electron chi connectivity index (χ3n) is 3.35. The Labute approximate surface area is 128 Å². The Morgan fingerprint density at radius 2 is 1.90 bits per heavy atom. The van der Waals surface area contributed by atoms with Gasteiger partial charge >= 0.3 is 0 Å². The molecule has 0 atom stereocenters. The lowest BCUT2D eigenvalue weighted by atomic mass is 10.1. The highest BCUT2D eigenvalue weighted by molar-refractivity contribution is 6.18. The van der Waals surface area contributed by atoms with Crippen molar-refractivity contribution in [1.29, 1.82) is 0 Å². The molecule has 21 heavy (non-hydrogen) atoms. The Kier molecular flexibility index (Phi) is 4.41. The summed E-state index contributed by atoms with van der Waals surface area (Å²) in [7, 11) is 0. The summed E-state index contributed by atoms with van der Waals surface area (Å²) < 4.78 is 11.1. The van der Waals surface area contributed by atoms with Crippen LogP contribution in [0.1, 0.15) is 11.3 Å². The van der Waals surface area contributed by atoms with Gasteiger partial charge in [-0.1, -0.05) is 35.5 Å². The second-order valence-electron chi connectivity index (χ2n) is 4.81. The Bertz CT molecular complexity index is 709. The first-order valence-corrected chi connectivity index (χ1v) is 7.51. The molecular formula is C17H16ClNO2. The summed E-state index contributed by atoms with van der Waals surface area (Å²) in [5.74, 6) is 1.34. The third kappa shape index (κ3) is 3.37. The van der Waals surface area contributed by atoms with Gasteiger partial charge in [0.25, 0.3) is 0 Å². The normalized spacial score (nSPS) is 10.9. The van der Waals surface area contributed by atoms with Gasteiger partial charge in [0.2, 0.25) is 0 Å². The molecule has 1 heterocycles. The van der Waals surface area contributed by atoms with Crippen LogP contribution in [0.3, 0.4) is 0 Å². The van der Waals surface area contributed by atoms with Gasteiger partial charge in [-0.05, 0) is 17.7 Å². The molecule has 0 aliphatic heterocycles. The van der Waals surface area contributed by atoms with Crippen molar-refractivity contribution in [2.24, 2.45) is 0 Å². The minimum Gasteiger partial charge on any atom is -0.493 e. The molecule has 4 heteroatoms. The van der Waals surface area contributed by atoms with E-state index in [0.717, 1.165) is 28.8 Å². The van der Waals surface area contributed by atoms with Crippen LogP contribution in [0.4, 0.5) is 0 Å². The smallest absolute Gasteiger partial charge is 0.170 e. The number of hydrogen-bond acceptors (Lipinski definition) is 3. The van der Waals surface area contributed by atoms with Gasteiger partial charge in [-0.3, -0.25) is 0 Å². The molecule has 0 unspecified atom stereocenters. The minimum atomic E-state index is 0.539. The van der Waals surface area contributed by atoms with Gasteiger partial charge in [-0.25, -0.2) is 0 Å². The average molecular weight is 302 g/mol. The van der Waals surface area contributed by atoms with Crippen LogP contribution < -0.4 is 4.74 Å². The number of nitrogens with zero attached hydrogens (tertiary/aromatic N) is 1. The number of rotatable bonds is 6. The fraction of sp³-hybridized carbons (Fsp3) is 0.235. The van der Waals surface area contributed by atoms with Crippen molar-refractivity contribution in [2.45, 2.75) is 12.8 Å². The second-order valence-corrected chi connectivity index (χ2v) is 5.19. The lowest BCUT2D eigenvalue weighted by molar-refractivity contribution is 0.321. The summed E-state index contributed by atoms with van der Waals surface area (Å²) in [5.41, 5.74) is 2.91. The molecule has 0 bridgehead atoms. The van der Waals surface area contributed by atoms with Gasteiger partial charge in [-0.2, -0.15) is 0 Å². The number of aryl methyl sites for hydroxylation is 1. The van der Waals surface area contributed by atoms with E-state index in [-0.39, 0.29) is 0 Å². The van der Waals surface area contributed by atoms with Crippen molar-refractivity contribution < 1.29 is 9.26 Å². The van der Waals surface area contributed by atoms with E-state index in [9.17, 15) is 0 Å². The van der Waals surface area contributed by atoms with E-state index >= 15 is 0 Å². The van der Waals surface area contributed by atoms with Gasteiger partial charge in [0, 0.05) is 30.2 Å². The molecule has 0 amide bonds. The topological polar surface area (TPSA) is 35.3 Å². The number of alkyl halides is 1. The summed E-state index contributed by atoms with van der Waals surface area (Å²) in [4.78, 5) is 0. The zero-order chi connectivity index (χ0) is 14.5. The Balaban J connectivity index is 1.65. The average Bonchev–Trinajstić information content (AvgIpc) is 2.91. The molecule has 0 fully saturated rings. The Morgan fingerprint density at radius 3 is 2.71 bits per heavy atom. The maximum absolute atomic E-state index is 5.77. The van der Waals surface area contributed by atoms with Crippen molar-refractivity contribution in [1.82, 2.24) is 5.16 Å². The monoisotopic (exact) mass is 301 g/mol. The molecule has 108 valence electrons. The second kappa shape index (κ2) is 6.64. The van der Waals surface area contributed by atoms with Crippen molar-refractivity contribution in [2.75, 3.05) is 12.5 Å². The predicted octanol–water partition coefficient (Wildman–Crippen LogP) is 4.23. The number of aromatic nitrogens is 1. The molecule has 2 aromatic carbocycles. The molecule has 3 rings (SSSR count). The molecule has 3 nitrogen and oxygen atoms in total. The summed E-state index contributed by atoms with van der Waals surface area (Å²) in [6, 6.07) is 16.1. The molecule has 3 aromatic rings. The zero-order valence-electron chi connectivity index (χ0n) is 11.6. The first kappa shape index (κ1) is 14.0. The summed E-state index contributed by atoms with van der Waals surface area (Å²) in [6.45, 7) is 0.637. The van der Waals surface area contributed by atoms with Crippen molar-refractivity contribution in [3.63, 3.8) is 0 Å². The van der Waals surface area contributed by atoms with E-state index in [1.807, 2.05) is 36.4 Å². The van der Waals surface area contributed by atoms with Crippen LogP contribution in [0.25, 0.3) is 11.0 Å².